The Morgan fingerprint density at radius 2 is 1.32 bits per heavy atom. The summed E-state index contributed by atoms with van der Waals surface area (Å²) in [7, 11) is 0. The fraction of sp³-hybridized carbons (Fsp3) is 0.412. The smallest absolute Gasteiger partial charge is 0.272 e. The van der Waals surface area contributed by atoms with Crippen molar-refractivity contribution in [2.75, 3.05) is 39.3 Å². The largest absolute Gasteiger partial charge is 0.337 e. The molecular formula is C34H37N5O2. The van der Waals surface area contributed by atoms with Crippen LogP contribution in [0.2, 0.25) is 0 Å². The van der Waals surface area contributed by atoms with Gasteiger partial charge in [-0.25, -0.2) is 4.98 Å². The molecule has 3 aromatic rings. The number of piperidine rings is 1. The lowest BCUT2D eigenvalue weighted by Crippen LogP contribution is -2.52. The van der Waals surface area contributed by atoms with Gasteiger partial charge in [0.1, 0.15) is 5.69 Å². The van der Waals surface area contributed by atoms with E-state index >= 15 is 0 Å². The van der Waals surface area contributed by atoms with E-state index in [9.17, 15) is 14.9 Å². The molecule has 0 N–H and O–H groups in total. The second-order valence-electron chi connectivity index (χ2n) is 11.8. The normalized spacial score (nSPS) is 19.8. The minimum absolute atomic E-state index is 0.0301. The molecule has 1 aliphatic carbocycles. The zero-order valence-electron chi connectivity index (χ0n) is 24.0. The molecule has 6 rings (SSSR count). The van der Waals surface area contributed by atoms with Gasteiger partial charge in [0, 0.05) is 56.1 Å². The van der Waals surface area contributed by atoms with Crippen LogP contribution in [0.1, 0.15) is 68.9 Å². The zero-order valence-corrected chi connectivity index (χ0v) is 24.0. The molecular weight excluding hydrogens is 510 g/mol. The van der Waals surface area contributed by atoms with E-state index in [4.69, 9.17) is 0 Å². The fourth-order valence-electron chi connectivity index (χ4n) is 6.71. The number of carbonyl (C=O) groups is 2. The molecule has 3 fully saturated rings. The highest BCUT2D eigenvalue weighted by Crippen LogP contribution is 2.51. The highest BCUT2D eigenvalue weighted by atomic mass is 16.2. The van der Waals surface area contributed by atoms with E-state index in [2.05, 4.69) is 46.3 Å². The Balaban J connectivity index is 1.14. The minimum Gasteiger partial charge on any atom is -0.337 e. The molecule has 2 aromatic carbocycles. The van der Waals surface area contributed by atoms with Crippen molar-refractivity contribution in [1.29, 1.82) is 5.26 Å². The van der Waals surface area contributed by atoms with E-state index in [0.29, 0.717) is 56.0 Å². The standard InChI is InChI=1S/C34H37N5O2/c1-25-26(2)36-30(32(41)37-17-15-33(24-35,16-18-37)27-9-5-3-6-10-27)23-29(25)31(40)38-19-21-39(22-20-38)34(13-14-34)28-11-7-4-8-12-28/h3-12,23H,13-22H2,1-2H3. The third-order valence-corrected chi connectivity index (χ3v) is 9.62. The van der Waals surface area contributed by atoms with Crippen LogP contribution in [-0.4, -0.2) is 70.8 Å². The molecule has 0 spiro atoms. The number of hydrogen-bond donors (Lipinski definition) is 0. The van der Waals surface area contributed by atoms with Gasteiger partial charge in [0.2, 0.25) is 0 Å². The first-order chi connectivity index (χ1) is 19.9. The Morgan fingerprint density at radius 1 is 0.756 bits per heavy atom. The van der Waals surface area contributed by atoms with Crippen molar-refractivity contribution in [3.8, 4) is 6.07 Å². The van der Waals surface area contributed by atoms with Gasteiger partial charge in [-0.3, -0.25) is 14.5 Å². The molecule has 0 unspecified atom stereocenters. The summed E-state index contributed by atoms with van der Waals surface area (Å²) in [6.45, 7) is 7.74. The van der Waals surface area contributed by atoms with Crippen LogP contribution in [0, 0.1) is 25.2 Å². The minimum atomic E-state index is -0.586. The molecule has 2 amide bonds. The number of amides is 2. The number of piperazine rings is 1. The topological polar surface area (TPSA) is 80.5 Å². The second kappa shape index (κ2) is 10.8. The van der Waals surface area contributed by atoms with Gasteiger partial charge < -0.3 is 9.80 Å². The van der Waals surface area contributed by atoms with E-state index in [1.54, 1.807) is 11.0 Å². The van der Waals surface area contributed by atoms with Gasteiger partial charge >= 0.3 is 0 Å². The monoisotopic (exact) mass is 547 g/mol. The number of nitriles is 1. The first-order valence-electron chi connectivity index (χ1n) is 14.7. The molecule has 2 aliphatic heterocycles. The van der Waals surface area contributed by atoms with Crippen LogP contribution in [0.3, 0.4) is 0 Å². The zero-order chi connectivity index (χ0) is 28.6. The SMILES string of the molecule is Cc1nc(C(=O)N2CCC(C#N)(c3ccccc3)CC2)cc(C(=O)N2CCN(C3(c4ccccc4)CC3)CC2)c1C. The third kappa shape index (κ3) is 4.91. The molecule has 7 heteroatoms. The molecule has 1 aromatic heterocycles. The Kier molecular flexibility index (Phi) is 7.13. The van der Waals surface area contributed by atoms with Crippen LogP contribution < -0.4 is 0 Å². The van der Waals surface area contributed by atoms with Gasteiger partial charge in [-0.15, -0.1) is 0 Å². The highest BCUT2D eigenvalue weighted by molar-refractivity contribution is 6.00. The average molecular weight is 548 g/mol. The molecule has 0 bridgehead atoms. The molecule has 0 atom stereocenters. The van der Waals surface area contributed by atoms with Crippen molar-refractivity contribution >= 4 is 11.8 Å². The lowest BCUT2D eigenvalue weighted by Gasteiger charge is -2.40. The van der Waals surface area contributed by atoms with Gasteiger partial charge in [0.05, 0.1) is 11.5 Å². The molecule has 1 saturated carbocycles. The third-order valence-electron chi connectivity index (χ3n) is 9.62. The summed E-state index contributed by atoms with van der Waals surface area (Å²) in [5.74, 6) is -0.206. The van der Waals surface area contributed by atoms with Crippen LogP contribution in [-0.2, 0) is 11.0 Å². The number of benzene rings is 2. The maximum Gasteiger partial charge on any atom is 0.272 e. The Labute approximate surface area is 242 Å². The number of nitrogens with zero attached hydrogens (tertiary/aromatic N) is 5. The summed E-state index contributed by atoms with van der Waals surface area (Å²) in [4.78, 5) is 38.2. The number of carbonyl (C=O) groups excluding carboxylic acids is 2. The van der Waals surface area contributed by atoms with Crippen LogP contribution in [0.5, 0.6) is 0 Å². The molecule has 210 valence electrons. The van der Waals surface area contributed by atoms with E-state index < -0.39 is 5.41 Å². The maximum atomic E-state index is 13.8. The van der Waals surface area contributed by atoms with E-state index in [1.165, 1.54) is 5.56 Å². The fourth-order valence-corrected chi connectivity index (χ4v) is 6.71. The number of likely N-dealkylation sites (tertiary alicyclic amines) is 1. The number of aryl methyl sites for hydroxylation is 1. The van der Waals surface area contributed by atoms with Crippen molar-refractivity contribution in [3.05, 3.63) is 100 Å². The molecule has 7 nitrogen and oxygen atoms in total. The predicted molar refractivity (Wildman–Crippen MR) is 157 cm³/mol. The van der Waals surface area contributed by atoms with Crippen LogP contribution in [0.15, 0.2) is 66.7 Å². The van der Waals surface area contributed by atoms with Crippen molar-refractivity contribution in [2.24, 2.45) is 0 Å². The van der Waals surface area contributed by atoms with E-state index in [0.717, 1.165) is 37.1 Å². The average Bonchev–Trinajstić information content (AvgIpc) is 3.85. The quantitative estimate of drug-likeness (QED) is 0.457. The predicted octanol–water partition coefficient (Wildman–Crippen LogP) is 4.84. The van der Waals surface area contributed by atoms with Gasteiger partial charge in [-0.1, -0.05) is 60.7 Å². The van der Waals surface area contributed by atoms with Gasteiger partial charge in [0.25, 0.3) is 11.8 Å². The maximum absolute atomic E-state index is 13.8. The van der Waals surface area contributed by atoms with Gasteiger partial charge in [-0.05, 0) is 62.3 Å². The summed E-state index contributed by atoms with van der Waals surface area (Å²) in [5, 5.41) is 10.0. The summed E-state index contributed by atoms with van der Waals surface area (Å²) in [6, 6.07) is 24.8. The summed E-state index contributed by atoms with van der Waals surface area (Å²) in [5.41, 5.74) is 4.30. The summed E-state index contributed by atoms with van der Waals surface area (Å²) < 4.78 is 0. The number of rotatable bonds is 5. The van der Waals surface area contributed by atoms with Crippen molar-refractivity contribution < 1.29 is 9.59 Å². The van der Waals surface area contributed by atoms with Crippen LogP contribution in [0.4, 0.5) is 0 Å². The van der Waals surface area contributed by atoms with Crippen molar-refractivity contribution in [1.82, 2.24) is 19.7 Å². The molecule has 0 radical (unpaired) electrons. The molecule has 41 heavy (non-hydrogen) atoms. The van der Waals surface area contributed by atoms with Gasteiger partial charge in [-0.2, -0.15) is 5.26 Å². The van der Waals surface area contributed by atoms with E-state index in [1.807, 2.05) is 49.1 Å². The Bertz CT molecular complexity index is 1480. The Hall–Kier alpha value is -4.02. The summed E-state index contributed by atoms with van der Waals surface area (Å²) in [6.07, 6.45) is 3.47. The molecule has 2 saturated heterocycles. The highest BCUT2D eigenvalue weighted by Gasteiger charge is 2.50. The molecule has 3 aliphatic rings. The van der Waals surface area contributed by atoms with Crippen molar-refractivity contribution in [2.45, 2.75) is 50.5 Å². The first kappa shape index (κ1) is 27.2. The number of hydrogen-bond acceptors (Lipinski definition) is 5. The number of pyridine rings is 1. The van der Waals surface area contributed by atoms with Crippen LogP contribution in [0.25, 0.3) is 0 Å². The lowest BCUT2D eigenvalue weighted by molar-refractivity contribution is 0.0530. The second-order valence-corrected chi connectivity index (χ2v) is 11.8. The van der Waals surface area contributed by atoms with E-state index in [-0.39, 0.29) is 17.4 Å². The number of aromatic nitrogens is 1. The first-order valence-corrected chi connectivity index (χ1v) is 14.7. The Morgan fingerprint density at radius 3 is 1.88 bits per heavy atom. The van der Waals surface area contributed by atoms with Gasteiger partial charge in [0.15, 0.2) is 0 Å². The van der Waals surface area contributed by atoms with Crippen LogP contribution >= 0.6 is 0 Å². The lowest BCUT2D eigenvalue weighted by atomic mass is 9.74. The summed E-state index contributed by atoms with van der Waals surface area (Å²) >= 11 is 0. The van der Waals surface area contributed by atoms with Crippen molar-refractivity contribution in [3.63, 3.8) is 0 Å². The molecule has 3 heterocycles.